The summed E-state index contributed by atoms with van der Waals surface area (Å²) in [5, 5.41) is 0. The van der Waals surface area contributed by atoms with E-state index in [0.717, 1.165) is 6.29 Å². The minimum Gasteiger partial charge on any atom is -0.431 e. The van der Waals surface area contributed by atoms with E-state index in [9.17, 15) is 4.79 Å². The van der Waals surface area contributed by atoms with Crippen molar-refractivity contribution in [2.75, 3.05) is 0 Å². The molecule has 0 aliphatic carbocycles. The summed E-state index contributed by atoms with van der Waals surface area (Å²) in [6.07, 6.45) is 0.550. The van der Waals surface area contributed by atoms with Crippen molar-refractivity contribution in [3.05, 3.63) is 0 Å². The van der Waals surface area contributed by atoms with Crippen molar-refractivity contribution in [1.82, 2.24) is 0 Å². The van der Waals surface area contributed by atoms with Crippen LogP contribution in [0.15, 0.2) is 0 Å². The van der Waals surface area contributed by atoms with Crippen molar-refractivity contribution in [3.63, 3.8) is 0 Å². The molecular weight excluding hydrogens is 90.9 g/mol. The molecule has 7 heavy (non-hydrogen) atoms. The van der Waals surface area contributed by atoms with Crippen LogP contribution in [0.4, 0.5) is 0 Å². The van der Waals surface area contributed by atoms with E-state index in [4.69, 9.17) is 4.65 Å². The molecule has 0 fully saturated rings. The molecule has 2 nitrogen and oxygen atoms in total. The molecule has 0 aromatic rings. The molecule has 0 saturated carbocycles. The zero-order valence-corrected chi connectivity index (χ0v) is 4.68. The van der Waals surface area contributed by atoms with Gasteiger partial charge in [0.2, 0.25) is 0 Å². The van der Waals surface area contributed by atoms with E-state index in [0.29, 0.717) is 7.48 Å². The summed E-state index contributed by atoms with van der Waals surface area (Å²) in [6.45, 7) is 3.58. The van der Waals surface area contributed by atoms with Crippen LogP contribution >= 0.6 is 0 Å². The van der Waals surface area contributed by atoms with Crippen molar-refractivity contribution in [1.29, 1.82) is 0 Å². The van der Waals surface area contributed by atoms with Gasteiger partial charge in [-0.15, -0.1) is 0 Å². The third kappa shape index (κ3) is 3.53. The molecular formula is C4H9BO2. The zero-order chi connectivity index (χ0) is 5.70. The van der Waals surface area contributed by atoms with Gasteiger partial charge in [-0.1, -0.05) is 6.82 Å². The second-order valence-electron chi connectivity index (χ2n) is 1.30. The quantitative estimate of drug-likeness (QED) is 0.368. The maximum absolute atomic E-state index is 9.77. The lowest BCUT2D eigenvalue weighted by molar-refractivity contribution is -0.113. The molecule has 3 heteroatoms. The number of hydrogen-bond acceptors (Lipinski definition) is 2. The summed E-state index contributed by atoms with van der Waals surface area (Å²) in [5.74, 6) is 0. The molecule has 0 aliphatic heterocycles. The Morgan fingerprint density at radius 2 is 2.43 bits per heavy atom. The average molecular weight is 99.9 g/mol. The zero-order valence-electron chi connectivity index (χ0n) is 4.68. The summed E-state index contributed by atoms with van der Waals surface area (Å²) >= 11 is 0. The van der Waals surface area contributed by atoms with Gasteiger partial charge in [0.25, 0.3) is 7.48 Å². The standard InChI is InChI=1S/C4H9BO2/c1-4(3-6)7-5-2/h3-5H,1-2H3. The smallest absolute Gasteiger partial charge is 0.272 e. The van der Waals surface area contributed by atoms with Crippen LogP contribution in [0.3, 0.4) is 0 Å². The van der Waals surface area contributed by atoms with Crippen molar-refractivity contribution in [2.24, 2.45) is 0 Å². The fourth-order valence-corrected chi connectivity index (χ4v) is 0.302. The largest absolute Gasteiger partial charge is 0.431 e. The Bertz CT molecular complexity index is 55.7. The summed E-state index contributed by atoms with van der Waals surface area (Å²) in [6, 6.07) is 0. The average Bonchev–Trinajstić information content (AvgIpc) is 1.68. The van der Waals surface area contributed by atoms with E-state index >= 15 is 0 Å². The molecule has 0 aromatic heterocycles. The van der Waals surface area contributed by atoms with Gasteiger partial charge in [0.05, 0.1) is 6.10 Å². The highest BCUT2D eigenvalue weighted by Crippen LogP contribution is 1.79. The van der Waals surface area contributed by atoms with Gasteiger partial charge < -0.3 is 9.45 Å². The minimum absolute atomic E-state index is 0.231. The van der Waals surface area contributed by atoms with Gasteiger partial charge in [0.1, 0.15) is 6.29 Å². The second kappa shape index (κ2) is 3.87. The Balaban J connectivity index is 2.98. The highest BCUT2D eigenvalue weighted by molar-refractivity contribution is 6.25. The van der Waals surface area contributed by atoms with Gasteiger partial charge in [0.15, 0.2) is 0 Å². The molecule has 1 unspecified atom stereocenters. The summed E-state index contributed by atoms with van der Waals surface area (Å²) in [5.41, 5.74) is 0. The molecule has 1 atom stereocenters. The van der Waals surface area contributed by atoms with Gasteiger partial charge in [-0.3, -0.25) is 0 Å². The van der Waals surface area contributed by atoms with Crippen LogP contribution in [-0.2, 0) is 9.45 Å². The van der Waals surface area contributed by atoms with E-state index in [-0.39, 0.29) is 6.10 Å². The Hall–Kier alpha value is -0.305. The summed E-state index contributed by atoms with van der Waals surface area (Å²) in [7, 11) is 0.611. The molecule has 0 rings (SSSR count). The van der Waals surface area contributed by atoms with Crippen LogP contribution < -0.4 is 0 Å². The molecule has 0 radical (unpaired) electrons. The highest BCUT2D eigenvalue weighted by Gasteiger charge is 1.93. The fourth-order valence-electron chi connectivity index (χ4n) is 0.302. The minimum atomic E-state index is -0.231. The van der Waals surface area contributed by atoms with Gasteiger partial charge in [-0.05, 0) is 6.92 Å². The Morgan fingerprint density at radius 1 is 1.86 bits per heavy atom. The van der Waals surface area contributed by atoms with Crippen molar-refractivity contribution in [3.8, 4) is 0 Å². The highest BCUT2D eigenvalue weighted by atomic mass is 16.4. The Kier molecular flexibility index (Phi) is 3.70. The number of carbonyl (C=O) groups excluding carboxylic acids is 1. The van der Waals surface area contributed by atoms with Crippen molar-refractivity contribution < 1.29 is 9.45 Å². The SMILES string of the molecule is CBOC(C)C=O. The molecule has 0 aromatic carbocycles. The third-order valence-electron chi connectivity index (χ3n) is 0.621. The summed E-state index contributed by atoms with van der Waals surface area (Å²) in [4.78, 5) is 9.77. The van der Waals surface area contributed by atoms with Crippen molar-refractivity contribution in [2.45, 2.75) is 19.9 Å². The number of aldehydes is 1. The molecule has 0 saturated heterocycles. The lowest BCUT2D eigenvalue weighted by Gasteiger charge is -1.98. The fraction of sp³-hybridized carbons (Fsp3) is 0.750. The maximum Gasteiger partial charge on any atom is 0.272 e. The summed E-state index contributed by atoms with van der Waals surface area (Å²) < 4.78 is 4.82. The topological polar surface area (TPSA) is 26.3 Å². The van der Waals surface area contributed by atoms with E-state index in [1.165, 1.54) is 0 Å². The predicted molar refractivity (Wildman–Crippen MR) is 29.6 cm³/mol. The van der Waals surface area contributed by atoms with Crippen LogP contribution in [-0.4, -0.2) is 19.9 Å². The maximum atomic E-state index is 9.77. The first-order valence-electron chi connectivity index (χ1n) is 2.38. The molecule has 0 spiro atoms. The molecule has 0 aliphatic rings. The van der Waals surface area contributed by atoms with E-state index < -0.39 is 0 Å². The first-order chi connectivity index (χ1) is 3.31. The second-order valence-corrected chi connectivity index (χ2v) is 1.30. The van der Waals surface area contributed by atoms with Gasteiger partial charge >= 0.3 is 0 Å². The first kappa shape index (κ1) is 6.69. The molecule has 0 amide bonds. The monoisotopic (exact) mass is 100 g/mol. The Labute approximate surface area is 44.1 Å². The van der Waals surface area contributed by atoms with Crippen LogP contribution in [0.5, 0.6) is 0 Å². The van der Waals surface area contributed by atoms with Gasteiger partial charge in [0, 0.05) is 0 Å². The molecule has 0 N–H and O–H groups in total. The number of rotatable bonds is 3. The van der Waals surface area contributed by atoms with Crippen LogP contribution in [0.1, 0.15) is 6.92 Å². The number of carbonyl (C=O) groups is 1. The Morgan fingerprint density at radius 3 is 2.57 bits per heavy atom. The van der Waals surface area contributed by atoms with Crippen molar-refractivity contribution >= 4 is 13.8 Å². The van der Waals surface area contributed by atoms with Gasteiger partial charge in [-0.2, -0.15) is 0 Å². The first-order valence-corrected chi connectivity index (χ1v) is 2.38. The lowest BCUT2D eigenvalue weighted by Crippen LogP contribution is -2.09. The van der Waals surface area contributed by atoms with E-state index in [2.05, 4.69) is 0 Å². The predicted octanol–water partition coefficient (Wildman–Crippen LogP) is -0.0100. The van der Waals surface area contributed by atoms with E-state index in [1.807, 2.05) is 6.82 Å². The molecule has 40 valence electrons. The van der Waals surface area contributed by atoms with Gasteiger partial charge in [-0.25, -0.2) is 0 Å². The number of hydrogen-bond donors (Lipinski definition) is 0. The molecule has 0 heterocycles. The van der Waals surface area contributed by atoms with E-state index in [1.54, 1.807) is 6.92 Å². The van der Waals surface area contributed by atoms with Crippen LogP contribution in [0.25, 0.3) is 0 Å². The third-order valence-corrected chi connectivity index (χ3v) is 0.621. The van der Waals surface area contributed by atoms with Crippen LogP contribution in [0.2, 0.25) is 6.82 Å². The van der Waals surface area contributed by atoms with Crippen LogP contribution in [0, 0.1) is 0 Å². The lowest BCUT2D eigenvalue weighted by atomic mass is 10.1. The normalized spacial score (nSPS) is 12.9. The molecule has 0 bridgehead atoms.